The molecule has 0 bridgehead atoms. The van der Waals surface area contributed by atoms with E-state index in [1.54, 1.807) is 19.1 Å². The zero-order chi connectivity index (χ0) is 20.1. The monoisotopic (exact) mass is 380 g/mol. The molecule has 1 aromatic carbocycles. The van der Waals surface area contributed by atoms with Gasteiger partial charge in [0, 0.05) is 23.4 Å². The maximum absolute atomic E-state index is 11.9. The Morgan fingerprint density at radius 3 is 2.64 bits per heavy atom. The summed E-state index contributed by atoms with van der Waals surface area (Å²) in [4.78, 5) is 23.7. The molecule has 1 N–H and O–H groups in total. The van der Waals surface area contributed by atoms with Crippen LogP contribution in [0.3, 0.4) is 0 Å². The van der Waals surface area contributed by atoms with Gasteiger partial charge in [0.15, 0.2) is 12.4 Å². The lowest BCUT2D eigenvalue weighted by molar-refractivity contribution is -0.142. The second kappa shape index (κ2) is 8.34. The van der Waals surface area contributed by atoms with Gasteiger partial charge in [-0.1, -0.05) is 23.4 Å². The van der Waals surface area contributed by atoms with Crippen LogP contribution in [0.2, 0.25) is 0 Å². The fraction of sp³-hybridized carbons (Fsp3) is 0.200. The number of nitrogens with one attached hydrogen (secondary N) is 1. The molecule has 0 saturated carbocycles. The van der Waals surface area contributed by atoms with Crippen LogP contribution in [-0.2, 0) is 14.3 Å². The fourth-order valence-corrected chi connectivity index (χ4v) is 2.66. The summed E-state index contributed by atoms with van der Waals surface area (Å²) in [5.74, 6) is -0.289. The maximum Gasteiger partial charge on any atom is 0.331 e. The molecule has 144 valence electrons. The molecule has 0 spiro atoms. The van der Waals surface area contributed by atoms with Gasteiger partial charge in [-0.05, 0) is 39.0 Å². The third kappa shape index (κ3) is 4.53. The lowest BCUT2D eigenvalue weighted by Gasteiger charge is -2.04. The Morgan fingerprint density at radius 1 is 1.21 bits per heavy atom. The first-order valence-electron chi connectivity index (χ1n) is 8.63. The van der Waals surface area contributed by atoms with E-state index in [4.69, 9.17) is 9.26 Å². The van der Waals surface area contributed by atoms with Gasteiger partial charge >= 0.3 is 5.97 Å². The van der Waals surface area contributed by atoms with Crippen molar-refractivity contribution in [2.45, 2.75) is 20.8 Å². The molecule has 1 amide bonds. The number of aromatic nitrogens is 3. The van der Waals surface area contributed by atoms with Crippen LogP contribution in [0.25, 0.3) is 11.8 Å². The number of anilines is 1. The number of rotatable bonds is 6. The molecule has 0 aliphatic heterocycles. The zero-order valence-electron chi connectivity index (χ0n) is 15.8. The van der Waals surface area contributed by atoms with E-state index in [0.717, 1.165) is 22.6 Å². The lowest BCUT2D eigenvalue weighted by atomic mass is 10.2. The van der Waals surface area contributed by atoms with Crippen LogP contribution < -0.4 is 5.32 Å². The molecule has 3 aromatic rings. The highest BCUT2D eigenvalue weighted by molar-refractivity contribution is 5.94. The Labute approximate surface area is 161 Å². The molecule has 0 unspecified atom stereocenters. The predicted molar refractivity (Wildman–Crippen MR) is 103 cm³/mol. The van der Waals surface area contributed by atoms with E-state index < -0.39 is 18.5 Å². The molecule has 2 heterocycles. The van der Waals surface area contributed by atoms with E-state index >= 15 is 0 Å². The Hall–Kier alpha value is -3.68. The summed E-state index contributed by atoms with van der Waals surface area (Å²) in [5.41, 5.74) is 3.44. The van der Waals surface area contributed by atoms with Crippen molar-refractivity contribution >= 4 is 23.8 Å². The second-order valence-electron chi connectivity index (χ2n) is 6.14. The molecule has 3 rings (SSSR count). The maximum atomic E-state index is 11.9. The first kappa shape index (κ1) is 19.1. The summed E-state index contributed by atoms with van der Waals surface area (Å²) in [6, 6.07) is 11.3. The van der Waals surface area contributed by atoms with Gasteiger partial charge in [0.05, 0.1) is 11.4 Å². The Kier molecular flexibility index (Phi) is 5.69. The van der Waals surface area contributed by atoms with Gasteiger partial charge in [0.25, 0.3) is 5.91 Å². The van der Waals surface area contributed by atoms with E-state index in [1.807, 2.05) is 48.9 Å². The van der Waals surface area contributed by atoms with Crippen molar-refractivity contribution in [2.24, 2.45) is 0 Å². The summed E-state index contributed by atoms with van der Waals surface area (Å²) >= 11 is 0. The minimum Gasteiger partial charge on any atom is -0.452 e. The van der Waals surface area contributed by atoms with Crippen LogP contribution in [0.4, 0.5) is 5.82 Å². The molecular weight excluding hydrogens is 360 g/mol. The van der Waals surface area contributed by atoms with Crippen molar-refractivity contribution in [1.82, 2.24) is 14.9 Å². The molecule has 0 saturated heterocycles. The third-order valence-electron chi connectivity index (χ3n) is 3.98. The summed E-state index contributed by atoms with van der Waals surface area (Å²) in [5, 5.41) is 10.6. The van der Waals surface area contributed by atoms with Crippen molar-refractivity contribution in [3.05, 3.63) is 65.2 Å². The number of ether oxygens (including phenoxy) is 1. The summed E-state index contributed by atoms with van der Waals surface area (Å²) < 4.78 is 11.6. The highest BCUT2D eigenvalue weighted by atomic mass is 16.5. The number of para-hydroxylation sites is 1. The standard InChI is InChI=1S/C20H20N4O4/c1-13-11-18(23-28-13)21-19(25)12-27-20(26)10-9-17-14(2)22-24(15(17)3)16-7-5-4-6-8-16/h4-11H,12H2,1-3H3,(H,21,23,25)/b10-9+. The van der Waals surface area contributed by atoms with Gasteiger partial charge in [-0.15, -0.1) is 0 Å². The van der Waals surface area contributed by atoms with Gasteiger partial charge in [-0.25, -0.2) is 9.48 Å². The summed E-state index contributed by atoms with van der Waals surface area (Å²) in [6.07, 6.45) is 2.91. The van der Waals surface area contributed by atoms with Crippen LogP contribution in [-0.4, -0.2) is 33.4 Å². The Balaban J connectivity index is 1.60. The van der Waals surface area contributed by atoms with Crippen LogP contribution >= 0.6 is 0 Å². The van der Waals surface area contributed by atoms with Gasteiger partial charge in [0.1, 0.15) is 5.76 Å². The van der Waals surface area contributed by atoms with E-state index in [2.05, 4.69) is 15.6 Å². The molecule has 0 aliphatic rings. The number of hydrogen-bond donors (Lipinski definition) is 1. The minimum absolute atomic E-state index is 0.272. The van der Waals surface area contributed by atoms with Crippen LogP contribution in [0.15, 0.2) is 47.0 Å². The smallest absolute Gasteiger partial charge is 0.331 e. The number of carbonyl (C=O) groups is 2. The predicted octanol–water partition coefficient (Wildman–Crippen LogP) is 2.98. The third-order valence-corrected chi connectivity index (χ3v) is 3.98. The largest absolute Gasteiger partial charge is 0.452 e. The lowest BCUT2D eigenvalue weighted by Crippen LogP contribution is -2.20. The SMILES string of the molecule is Cc1cc(NC(=O)COC(=O)/C=C/c2c(C)nn(-c3ccccc3)c2C)no1. The molecular formula is C20H20N4O4. The number of hydrogen-bond acceptors (Lipinski definition) is 6. The van der Waals surface area contributed by atoms with Crippen LogP contribution in [0.1, 0.15) is 22.7 Å². The van der Waals surface area contributed by atoms with E-state index in [9.17, 15) is 9.59 Å². The van der Waals surface area contributed by atoms with Crippen LogP contribution in [0, 0.1) is 20.8 Å². The van der Waals surface area contributed by atoms with Gasteiger partial charge < -0.3 is 14.6 Å². The van der Waals surface area contributed by atoms with E-state index in [1.165, 1.54) is 6.08 Å². The van der Waals surface area contributed by atoms with Crippen molar-refractivity contribution in [2.75, 3.05) is 11.9 Å². The molecule has 0 aliphatic carbocycles. The van der Waals surface area contributed by atoms with Crippen molar-refractivity contribution in [3.63, 3.8) is 0 Å². The zero-order valence-corrected chi connectivity index (χ0v) is 15.8. The van der Waals surface area contributed by atoms with E-state index in [-0.39, 0.29) is 5.82 Å². The number of amides is 1. The highest BCUT2D eigenvalue weighted by Crippen LogP contribution is 2.19. The quantitative estimate of drug-likeness (QED) is 0.521. The Morgan fingerprint density at radius 2 is 1.96 bits per heavy atom. The molecule has 8 nitrogen and oxygen atoms in total. The number of nitrogens with zero attached hydrogens (tertiary/aromatic N) is 3. The molecule has 28 heavy (non-hydrogen) atoms. The fourth-order valence-electron chi connectivity index (χ4n) is 2.66. The van der Waals surface area contributed by atoms with Gasteiger partial charge in [-0.3, -0.25) is 4.79 Å². The average molecular weight is 380 g/mol. The normalized spacial score (nSPS) is 11.0. The van der Waals surface area contributed by atoms with E-state index in [0.29, 0.717) is 5.76 Å². The molecule has 2 aromatic heterocycles. The highest BCUT2D eigenvalue weighted by Gasteiger charge is 2.12. The van der Waals surface area contributed by atoms with Gasteiger partial charge in [0.2, 0.25) is 0 Å². The number of benzene rings is 1. The van der Waals surface area contributed by atoms with Crippen molar-refractivity contribution < 1.29 is 18.8 Å². The first-order chi connectivity index (χ1) is 13.4. The molecule has 0 fully saturated rings. The average Bonchev–Trinajstić information content (AvgIpc) is 3.21. The van der Waals surface area contributed by atoms with Gasteiger partial charge in [-0.2, -0.15) is 5.10 Å². The minimum atomic E-state index is -0.627. The first-order valence-corrected chi connectivity index (χ1v) is 8.63. The summed E-state index contributed by atoms with van der Waals surface area (Å²) in [6.45, 7) is 5.07. The van der Waals surface area contributed by atoms with Crippen molar-refractivity contribution in [1.29, 1.82) is 0 Å². The number of aryl methyl sites for hydroxylation is 2. The summed E-state index contributed by atoms with van der Waals surface area (Å²) in [7, 11) is 0. The number of esters is 1. The van der Waals surface area contributed by atoms with Crippen LogP contribution in [0.5, 0.6) is 0 Å². The molecule has 0 atom stereocenters. The molecule has 0 radical (unpaired) electrons. The topological polar surface area (TPSA) is 99.2 Å². The number of carbonyl (C=O) groups excluding carboxylic acids is 2. The van der Waals surface area contributed by atoms with Crippen molar-refractivity contribution in [3.8, 4) is 5.69 Å². The molecule has 8 heteroatoms. The second-order valence-corrected chi connectivity index (χ2v) is 6.14. The Bertz CT molecular complexity index is 1020.